The number of nitrogens with zero attached hydrogens (tertiary/aromatic N) is 3. The molecule has 0 aliphatic carbocycles. The number of hydrogen-bond acceptors (Lipinski definition) is 5. The number of methoxy groups -OCH3 is 1. The Balaban J connectivity index is 2.00. The maximum Gasteiger partial charge on any atom is 0.337 e. The first-order valence-electron chi connectivity index (χ1n) is 8.42. The molecule has 0 fully saturated rings. The quantitative estimate of drug-likeness (QED) is 0.651. The van der Waals surface area contributed by atoms with E-state index in [9.17, 15) is 9.59 Å². The minimum atomic E-state index is -0.684. The van der Waals surface area contributed by atoms with Crippen LogP contribution < -0.4 is 5.32 Å². The second-order valence-corrected chi connectivity index (χ2v) is 5.98. The normalized spacial score (nSPS) is 16.7. The zero-order valence-corrected chi connectivity index (χ0v) is 15.2. The van der Waals surface area contributed by atoms with E-state index < -0.39 is 12.0 Å². The van der Waals surface area contributed by atoms with Crippen molar-refractivity contribution < 1.29 is 14.3 Å². The molecular formula is C20H20N4O3. The molecule has 3 rings (SSSR count). The molecule has 1 atom stereocenters. The summed E-state index contributed by atoms with van der Waals surface area (Å²) in [5, 5.41) is 2.82. The molecule has 2 aromatic rings. The van der Waals surface area contributed by atoms with Crippen LogP contribution in [0.15, 0.2) is 66.7 Å². The first-order valence-corrected chi connectivity index (χ1v) is 8.42. The molecule has 2 heterocycles. The van der Waals surface area contributed by atoms with Crippen molar-refractivity contribution >= 4 is 12.0 Å². The standard InChI is InChI=1S/C20H20N4O3/c1-4-10-24-13(2)16(19(25)27-3)17(23-20(24)26)15-11-21-18(22-12-15)14-8-6-5-7-9-14/h4-9,11-12,17H,1,10H2,2-3H3,(H,23,26). The smallest absolute Gasteiger partial charge is 0.337 e. The van der Waals surface area contributed by atoms with Crippen molar-refractivity contribution in [3.8, 4) is 11.4 Å². The van der Waals surface area contributed by atoms with Crippen LogP contribution in [0, 0.1) is 0 Å². The van der Waals surface area contributed by atoms with E-state index in [1.165, 1.54) is 12.0 Å². The Kier molecular flexibility index (Phi) is 5.30. The Morgan fingerprint density at radius 2 is 1.96 bits per heavy atom. The number of carbonyl (C=O) groups is 2. The Hall–Kier alpha value is -3.48. The minimum Gasteiger partial charge on any atom is -0.466 e. The molecule has 2 amide bonds. The van der Waals surface area contributed by atoms with Crippen LogP contribution in [0.4, 0.5) is 4.79 Å². The van der Waals surface area contributed by atoms with Gasteiger partial charge in [-0.05, 0) is 6.92 Å². The number of allylic oxidation sites excluding steroid dienone is 1. The fourth-order valence-electron chi connectivity index (χ4n) is 2.98. The van der Waals surface area contributed by atoms with E-state index in [0.29, 0.717) is 22.7 Å². The molecular weight excluding hydrogens is 344 g/mol. The third kappa shape index (κ3) is 3.57. The number of urea groups is 1. The molecule has 0 bridgehead atoms. The zero-order valence-electron chi connectivity index (χ0n) is 15.2. The average Bonchev–Trinajstić information content (AvgIpc) is 2.71. The summed E-state index contributed by atoms with van der Waals surface area (Å²) in [7, 11) is 1.31. The van der Waals surface area contributed by atoms with Crippen molar-refractivity contribution in [2.75, 3.05) is 13.7 Å². The number of aromatic nitrogens is 2. The summed E-state index contributed by atoms with van der Waals surface area (Å²) in [5.74, 6) is 0.0498. The lowest BCUT2D eigenvalue weighted by atomic mass is 9.97. The number of esters is 1. The third-order valence-corrected chi connectivity index (χ3v) is 4.35. The lowest BCUT2D eigenvalue weighted by Gasteiger charge is -2.34. The summed E-state index contributed by atoms with van der Waals surface area (Å²) in [5.41, 5.74) is 2.34. The highest BCUT2D eigenvalue weighted by Crippen LogP contribution is 2.31. The maximum absolute atomic E-state index is 12.5. The fourth-order valence-corrected chi connectivity index (χ4v) is 2.98. The van der Waals surface area contributed by atoms with Crippen LogP contribution in [-0.2, 0) is 9.53 Å². The molecule has 1 aromatic heterocycles. The molecule has 1 aromatic carbocycles. The second-order valence-electron chi connectivity index (χ2n) is 5.98. The topological polar surface area (TPSA) is 84.4 Å². The van der Waals surface area contributed by atoms with Crippen molar-refractivity contribution in [1.82, 2.24) is 20.2 Å². The van der Waals surface area contributed by atoms with Gasteiger partial charge in [-0.1, -0.05) is 36.4 Å². The molecule has 7 nitrogen and oxygen atoms in total. The number of ether oxygens (including phenoxy) is 1. The third-order valence-electron chi connectivity index (χ3n) is 4.35. The van der Waals surface area contributed by atoms with E-state index in [1.54, 1.807) is 25.4 Å². The van der Waals surface area contributed by atoms with E-state index in [1.807, 2.05) is 30.3 Å². The monoisotopic (exact) mass is 364 g/mol. The van der Waals surface area contributed by atoms with Gasteiger partial charge in [-0.3, -0.25) is 4.90 Å². The van der Waals surface area contributed by atoms with Gasteiger partial charge >= 0.3 is 12.0 Å². The molecule has 1 aliphatic heterocycles. The van der Waals surface area contributed by atoms with Crippen molar-refractivity contribution in [2.24, 2.45) is 0 Å². The van der Waals surface area contributed by atoms with Crippen LogP contribution in [0.5, 0.6) is 0 Å². The largest absolute Gasteiger partial charge is 0.466 e. The minimum absolute atomic E-state index is 0.286. The fraction of sp³-hybridized carbons (Fsp3) is 0.200. The summed E-state index contributed by atoms with van der Waals surface area (Å²) in [4.78, 5) is 35.0. The van der Waals surface area contributed by atoms with E-state index in [0.717, 1.165) is 5.56 Å². The Morgan fingerprint density at radius 1 is 1.30 bits per heavy atom. The Morgan fingerprint density at radius 3 is 2.56 bits per heavy atom. The number of benzene rings is 1. The van der Waals surface area contributed by atoms with Crippen molar-refractivity contribution in [2.45, 2.75) is 13.0 Å². The van der Waals surface area contributed by atoms with Crippen molar-refractivity contribution in [3.63, 3.8) is 0 Å². The highest BCUT2D eigenvalue weighted by Gasteiger charge is 2.36. The molecule has 27 heavy (non-hydrogen) atoms. The SMILES string of the molecule is C=CCN1C(=O)NC(c2cnc(-c3ccccc3)nc2)C(C(=O)OC)=C1C. The number of nitrogens with one attached hydrogen (secondary N) is 1. The number of amides is 2. The Bertz CT molecular complexity index is 891. The average molecular weight is 364 g/mol. The first-order chi connectivity index (χ1) is 13.1. The first kappa shape index (κ1) is 18.3. The van der Waals surface area contributed by atoms with Crippen LogP contribution in [0.2, 0.25) is 0 Å². The lowest BCUT2D eigenvalue weighted by Crippen LogP contribution is -2.48. The zero-order chi connectivity index (χ0) is 19.4. The number of rotatable bonds is 5. The van der Waals surface area contributed by atoms with Gasteiger partial charge in [0.15, 0.2) is 5.82 Å². The van der Waals surface area contributed by atoms with Gasteiger partial charge in [-0.2, -0.15) is 0 Å². The second kappa shape index (κ2) is 7.82. The van der Waals surface area contributed by atoms with Gasteiger partial charge in [-0.25, -0.2) is 19.6 Å². The van der Waals surface area contributed by atoms with Gasteiger partial charge in [0.25, 0.3) is 0 Å². The molecule has 138 valence electrons. The van der Waals surface area contributed by atoms with Crippen LogP contribution >= 0.6 is 0 Å². The highest BCUT2D eigenvalue weighted by atomic mass is 16.5. The molecule has 7 heteroatoms. The Labute approximate surface area is 157 Å². The molecule has 1 N–H and O–H groups in total. The molecule has 0 saturated heterocycles. The molecule has 1 aliphatic rings. The van der Waals surface area contributed by atoms with Crippen LogP contribution in [-0.4, -0.2) is 40.5 Å². The lowest BCUT2D eigenvalue weighted by molar-refractivity contribution is -0.136. The van der Waals surface area contributed by atoms with Gasteiger partial charge in [0.1, 0.15) is 0 Å². The van der Waals surface area contributed by atoms with E-state index in [4.69, 9.17) is 4.74 Å². The maximum atomic E-state index is 12.5. The van der Waals surface area contributed by atoms with Gasteiger partial charge in [0.2, 0.25) is 0 Å². The summed E-state index contributed by atoms with van der Waals surface area (Å²) < 4.78 is 4.93. The molecule has 0 saturated carbocycles. The van der Waals surface area contributed by atoms with Gasteiger partial charge in [0, 0.05) is 35.8 Å². The summed E-state index contributed by atoms with van der Waals surface area (Å²) in [6, 6.07) is 8.55. The summed E-state index contributed by atoms with van der Waals surface area (Å²) in [6.45, 7) is 5.64. The highest BCUT2D eigenvalue weighted by molar-refractivity contribution is 5.95. The summed E-state index contributed by atoms with van der Waals surface area (Å²) in [6.07, 6.45) is 4.81. The van der Waals surface area contributed by atoms with E-state index in [2.05, 4.69) is 21.9 Å². The van der Waals surface area contributed by atoms with Crippen molar-refractivity contribution in [3.05, 3.63) is 72.2 Å². The predicted molar refractivity (Wildman–Crippen MR) is 100 cm³/mol. The van der Waals surface area contributed by atoms with Crippen molar-refractivity contribution in [1.29, 1.82) is 0 Å². The number of carbonyl (C=O) groups excluding carboxylic acids is 2. The molecule has 1 unspecified atom stereocenters. The van der Waals surface area contributed by atoms with Gasteiger partial charge in [0.05, 0.1) is 18.7 Å². The van der Waals surface area contributed by atoms with Gasteiger partial charge in [-0.15, -0.1) is 6.58 Å². The van der Waals surface area contributed by atoms with E-state index >= 15 is 0 Å². The van der Waals surface area contributed by atoms with Gasteiger partial charge < -0.3 is 10.1 Å². The van der Waals surface area contributed by atoms with Crippen LogP contribution in [0.25, 0.3) is 11.4 Å². The van der Waals surface area contributed by atoms with Crippen LogP contribution in [0.3, 0.4) is 0 Å². The van der Waals surface area contributed by atoms with E-state index in [-0.39, 0.29) is 12.6 Å². The molecule has 0 spiro atoms. The van der Waals surface area contributed by atoms with Crippen LogP contribution in [0.1, 0.15) is 18.5 Å². The molecule has 0 radical (unpaired) electrons. The number of hydrogen-bond donors (Lipinski definition) is 1. The predicted octanol–water partition coefficient (Wildman–Crippen LogP) is 2.84. The summed E-state index contributed by atoms with van der Waals surface area (Å²) >= 11 is 0.